The third-order valence-electron chi connectivity index (χ3n) is 0. The summed E-state index contributed by atoms with van der Waals surface area (Å²) in [7, 11) is 0. The first-order chi connectivity index (χ1) is 1.41. The zero-order valence-corrected chi connectivity index (χ0v) is 5.01. The van der Waals surface area contributed by atoms with E-state index < -0.39 is 18.1 Å². The molecule has 4 heavy (non-hydrogen) atoms. The fourth-order valence-corrected chi connectivity index (χ4v) is 0. The summed E-state index contributed by atoms with van der Waals surface area (Å²) in [6.45, 7) is 0. The zero-order chi connectivity index (χ0) is 2.71. The third kappa shape index (κ3) is 25.9. The van der Waals surface area contributed by atoms with Gasteiger partial charge < -0.3 is 6.15 Å². The molecular formula is H2F2NZn-. The molecule has 0 aliphatic rings. The van der Waals surface area contributed by atoms with Crippen LogP contribution in [0.1, 0.15) is 0 Å². The van der Waals surface area contributed by atoms with Crippen molar-refractivity contribution in [2.24, 2.45) is 0 Å². The van der Waals surface area contributed by atoms with Gasteiger partial charge in [0.1, 0.15) is 0 Å². The van der Waals surface area contributed by atoms with Crippen LogP contribution in [0.4, 0.5) is 6.63 Å². The van der Waals surface area contributed by atoms with Crippen molar-refractivity contribution >= 4 is 0 Å². The van der Waals surface area contributed by atoms with Gasteiger partial charge in [-0.25, -0.2) is 0 Å². The summed E-state index contributed by atoms with van der Waals surface area (Å²) in [5, 5.41) is 0. The van der Waals surface area contributed by atoms with Crippen LogP contribution >= 0.6 is 0 Å². The van der Waals surface area contributed by atoms with Crippen molar-refractivity contribution in [3.05, 3.63) is 6.15 Å². The van der Waals surface area contributed by atoms with Crippen LogP contribution in [0.5, 0.6) is 0 Å². The number of halogens is 2. The maximum Gasteiger partial charge on any atom is -0.693 e. The fourth-order valence-electron chi connectivity index (χ4n) is 0. The van der Waals surface area contributed by atoms with Gasteiger partial charge in [0.05, 0.1) is 0 Å². The molecule has 0 aromatic carbocycles. The molecule has 0 saturated carbocycles. The van der Waals surface area contributed by atoms with Gasteiger partial charge in [0.2, 0.25) is 0 Å². The normalized spacial score (nSPS) is 2.50. The molecule has 24 valence electrons. The Labute approximate surface area is 31.7 Å². The molecule has 0 aliphatic heterocycles. The second kappa shape index (κ2) is 9.87. The average Bonchev–Trinajstić information content (AvgIpc) is 0.918. The number of hydrogen-bond acceptors (Lipinski definition) is 0. The van der Waals surface area contributed by atoms with Crippen molar-refractivity contribution in [2.45, 2.75) is 0 Å². The molecule has 0 amide bonds. The standard InChI is InChI=1S/2FH.H2N.Zn/h2*1H;1H2;/q;;-1;+2/p-2. The van der Waals surface area contributed by atoms with E-state index in [1.165, 1.54) is 0 Å². The van der Waals surface area contributed by atoms with Crippen LogP contribution in [0.25, 0.3) is 6.15 Å². The molecule has 2 N–H and O–H groups in total. The molecule has 0 spiro atoms. The molecule has 0 saturated heterocycles. The van der Waals surface area contributed by atoms with Gasteiger partial charge in [-0.1, -0.05) is 0 Å². The maximum absolute atomic E-state index is 9.81. The SMILES string of the molecule is [F][Zn][F].[NH2-]. The van der Waals surface area contributed by atoms with Crippen LogP contribution < -0.4 is 0 Å². The van der Waals surface area contributed by atoms with Crippen LogP contribution in [0.2, 0.25) is 0 Å². The van der Waals surface area contributed by atoms with E-state index in [-0.39, 0.29) is 6.15 Å². The van der Waals surface area contributed by atoms with Gasteiger partial charge in [0.25, 0.3) is 0 Å². The third-order valence-corrected chi connectivity index (χ3v) is 0. The second-order valence-corrected chi connectivity index (χ2v) is 0.525. The largest absolute Gasteiger partial charge is 0.693 e. The molecule has 0 aromatic heterocycles. The van der Waals surface area contributed by atoms with E-state index in [1.54, 1.807) is 0 Å². The van der Waals surface area contributed by atoms with Gasteiger partial charge in [-0.3, -0.25) is 0 Å². The van der Waals surface area contributed by atoms with Gasteiger partial charge in [0, 0.05) is 0 Å². The van der Waals surface area contributed by atoms with Gasteiger partial charge >= 0.3 is 24.8 Å². The minimum atomic E-state index is -2.88. The van der Waals surface area contributed by atoms with Crippen LogP contribution in [-0.4, -0.2) is 0 Å². The molecule has 0 heterocycles. The van der Waals surface area contributed by atoms with E-state index in [2.05, 4.69) is 0 Å². The Morgan fingerprint density at radius 1 is 1.25 bits per heavy atom. The topological polar surface area (TPSA) is 33.5 Å². The van der Waals surface area contributed by atoms with E-state index >= 15 is 0 Å². The Morgan fingerprint density at radius 3 is 1.25 bits per heavy atom. The Hall–Kier alpha value is 0.443. The quantitative estimate of drug-likeness (QED) is 0.434. The van der Waals surface area contributed by atoms with E-state index in [4.69, 9.17) is 0 Å². The maximum atomic E-state index is 9.81. The molecule has 0 fully saturated rings. The van der Waals surface area contributed by atoms with E-state index in [9.17, 15) is 6.63 Å². The number of hydrogen-bond donors (Lipinski definition) is 0. The summed E-state index contributed by atoms with van der Waals surface area (Å²) in [5.41, 5.74) is 0. The molecule has 0 rings (SSSR count). The average molecular weight is 119 g/mol. The first kappa shape index (κ1) is 8.82. The molecule has 1 nitrogen and oxygen atoms in total. The molecule has 0 atom stereocenters. The van der Waals surface area contributed by atoms with Crippen molar-refractivity contribution in [2.75, 3.05) is 0 Å². The second-order valence-electron chi connectivity index (χ2n) is 0.101. The smallest absolute Gasteiger partial charge is 0.693 e. The van der Waals surface area contributed by atoms with Crippen LogP contribution in [-0.2, 0) is 18.1 Å². The first-order valence-corrected chi connectivity index (χ1v) is 2.78. The molecule has 0 bridgehead atoms. The molecular weight excluding hydrogens is 117 g/mol. The van der Waals surface area contributed by atoms with Gasteiger partial charge in [0.15, 0.2) is 0 Å². The van der Waals surface area contributed by atoms with Crippen molar-refractivity contribution < 1.29 is 24.8 Å². The van der Waals surface area contributed by atoms with Crippen molar-refractivity contribution in [1.29, 1.82) is 0 Å². The van der Waals surface area contributed by atoms with Crippen molar-refractivity contribution in [3.8, 4) is 0 Å². The number of nitrogens with two attached hydrogens (primary N) is 1. The Morgan fingerprint density at radius 2 is 1.25 bits per heavy atom. The molecule has 0 aliphatic carbocycles. The number of rotatable bonds is 0. The van der Waals surface area contributed by atoms with Gasteiger partial charge in [-0.15, -0.1) is 0 Å². The minimum absolute atomic E-state index is 0. The van der Waals surface area contributed by atoms with Crippen LogP contribution in [0.15, 0.2) is 0 Å². The predicted molar refractivity (Wildman–Crippen MR) is 7.50 cm³/mol. The summed E-state index contributed by atoms with van der Waals surface area (Å²) in [6.07, 6.45) is 0. The summed E-state index contributed by atoms with van der Waals surface area (Å²) < 4.78 is 19.6. The Bertz CT molecular complexity index is 6.00. The molecule has 4 heteroatoms. The summed E-state index contributed by atoms with van der Waals surface area (Å²) in [6, 6.07) is 0. The zero-order valence-electron chi connectivity index (χ0n) is 2.04. The van der Waals surface area contributed by atoms with Gasteiger partial charge in [-0.2, -0.15) is 0 Å². The van der Waals surface area contributed by atoms with E-state index in [1.807, 2.05) is 0 Å². The van der Waals surface area contributed by atoms with Crippen LogP contribution in [0.3, 0.4) is 0 Å². The minimum Gasteiger partial charge on any atom is -0.693 e. The molecule has 0 aromatic rings. The fraction of sp³-hybridized carbons (Fsp3) is 0. The Balaban J connectivity index is 0. The summed E-state index contributed by atoms with van der Waals surface area (Å²) in [5.74, 6) is 0. The Kier molecular flexibility index (Phi) is 21.8. The summed E-state index contributed by atoms with van der Waals surface area (Å²) >= 11 is -2.88. The molecule has 0 unspecified atom stereocenters. The van der Waals surface area contributed by atoms with Crippen LogP contribution in [0, 0.1) is 0 Å². The van der Waals surface area contributed by atoms with E-state index in [0.29, 0.717) is 0 Å². The van der Waals surface area contributed by atoms with Crippen molar-refractivity contribution in [1.82, 2.24) is 0 Å². The summed E-state index contributed by atoms with van der Waals surface area (Å²) in [4.78, 5) is 0. The van der Waals surface area contributed by atoms with Gasteiger partial charge in [-0.05, 0) is 0 Å². The molecule has 0 radical (unpaired) electrons. The monoisotopic (exact) mass is 118 g/mol. The predicted octanol–water partition coefficient (Wildman–Crippen LogP) is 1.55. The van der Waals surface area contributed by atoms with Crippen molar-refractivity contribution in [3.63, 3.8) is 0 Å². The first-order valence-electron chi connectivity index (χ1n) is 0.535. The van der Waals surface area contributed by atoms with E-state index in [0.717, 1.165) is 0 Å².